The molecule has 0 saturated heterocycles. The number of benzene rings is 1. The number of carbonyl (C=O) groups is 2. The van der Waals surface area contributed by atoms with E-state index in [0.29, 0.717) is 12.8 Å². The molecule has 0 fully saturated rings. The predicted molar refractivity (Wildman–Crippen MR) is 242 cm³/mol. The summed E-state index contributed by atoms with van der Waals surface area (Å²) in [6.45, 7) is 4.76. The van der Waals surface area contributed by atoms with Gasteiger partial charge in [0.2, 0.25) is 0 Å². The maximum absolute atomic E-state index is 13.0. The van der Waals surface area contributed by atoms with Gasteiger partial charge in [-0.1, -0.05) is 198 Å². The number of carbonyl (C=O) groups excluding carboxylic acids is 2. The van der Waals surface area contributed by atoms with E-state index in [1.807, 2.05) is 0 Å². The summed E-state index contributed by atoms with van der Waals surface area (Å²) in [6.07, 6.45) is 50.4. The zero-order valence-corrected chi connectivity index (χ0v) is 41.1. The molecular formula is C50H85NaO7S. The molecule has 0 spiro atoms. The van der Waals surface area contributed by atoms with Crippen LogP contribution in [0.25, 0.3) is 0 Å². The van der Waals surface area contributed by atoms with Gasteiger partial charge in [-0.2, -0.15) is 0 Å². The maximum atomic E-state index is 13.0. The van der Waals surface area contributed by atoms with Crippen molar-refractivity contribution in [1.82, 2.24) is 0 Å². The Morgan fingerprint density at radius 3 is 1.12 bits per heavy atom. The second-order valence-electron chi connectivity index (χ2n) is 16.4. The van der Waals surface area contributed by atoms with Crippen LogP contribution in [0.15, 0.2) is 47.4 Å². The van der Waals surface area contributed by atoms with Crippen LogP contribution in [-0.2, 0) is 19.6 Å². The van der Waals surface area contributed by atoms with Crippen molar-refractivity contribution in [3.8, 4) is 0 Å². The van der Waals surface area contributed by atoms with E-state index in [-0.39, 0.29) is 48.3 Å². The van der Waals surface area contributed by atoms with Crippen molar-refractivity contribution in [2.75, 3.05) is 13.2 Å². The van der Waals surface area contributed by atoms with Crippen LogP contribution in [0, 0.1) is 0 Å². The zero-order valence-electron chi connectivity index (χ0n) is 38.3. The summed E-state index contributed by atoms with van der Waals surface area (Å²) in [5.74, 6) is -1.81. The number of ether oxygens (including phenoxy) is 2. The molecule has 7 nitrogen and oxygen atoms in total. The van der Waals surface area contributed by atoms with Crippen LogP contribution < -0.4 is 29.6 Å². The largest absolute Gasteiger partial charge is 1.00 e. The fourth-order valence-electron chi connectivity index (χ4n) is 7.36. The first-order valence-corrected chi connectivity index (χ1v) is 25.5. The van der Waals surface area contributed by atoms with Crippen molar-refractivity contribution in [3.05, 3.63) is 53.6 Å². The van der Waals surface area contributed by atoms with Gasteiger partial charge >= 0.3 is 41.5 Å². The van der Waals surface area contributed by atoms with Crippen molar-refractivity contribution in [2.24, 2.45) is 0 Å². The molecule has 0 atom stereocenters. The molecule has 0 saturated carbocycles. The molecule has 0 amide bonds. The third kappa shape index (κ3) is 33.8. The molecule has 1 aromatic rings. The van der Waals surface area contributed by atoms with Crippen LogP contribution in [0.1, 0.15) is 253 Å². The van der Waals surface area contributed by atoms with Gasteiger partial charge in [-0.15, -0.1) is 0 Å². The zero-order chi connectivity index (χ0) is 42.2. The summed E-state index contributed by atoms with van der Waals surface area (Å²) in [5.41, 5.74) is -0.781. The van der Waals surface area contributed by atoms with E-state index in [2.05, 4.69) is 38.2 Å². The van der Waals surface area contributed by atoms with Crippen molar-refractivity contribution in [2.45, 2.75) is 237 Å². The van der Waals surface area contributed by atoms with Gasteiger partial charge in [0.15, 0.2) is 0 Å². The van der Waals surface area contributed by atoms with Crippen molar-refractivity contribution >= 4 is 22.1 Å². The standard InChI is InChI=1S/C50H86O7S.Na/c1-3-5-7-9-11-13-15-17-19-21-23-25-27-29-31-33-35-37-39-44-56-49(51)46-42-41-43-47(58(53,54)55)48(46)50(52)57-45-40-38-36-34-32-30-28-26-24-22-20-18-16-14-12-10-8-6-4-2;/h19-22,41-43H,3-18,23-40,44-45H2,1-2H3,(H,53,54,55);/q;+1/p-1/b21-19+,22-20+;. The number of esters is 2. The Morgan fingerprint density at radius 2 is 0.780 bits per heavy atom. The van der Waals surface area contributed by atoms with E-state index >= 15 is 0 Å². The number of hydrogen-bond donors (Lipinski definition) is 0. The molecule has 0 radical (unpaired) electrons. The van der Waals surface area contributed by atoms with E-state index in [1.54, 1.807) is 0 Å². The van der Waals surface area contributed by atoms with Crippen LogP contribution in [0.5, 0.6) is 0 Å². The van der Waals surface area contributed by atoms with Crippen LogP contribution in [-0.4, -0.2) is 38.1 Å². The third-order valence-corrected chi connectivity index (χ3v) is 11.9. The van der Waals surface area contributed by atoms with E-state index < -0.39 is 32.5 Å². The molecule has 9 heteroatoms. The second kappa shape index (κ2) is 41.9. The predicted octanol–water partition coefficient (Wildman–Crippen LogP) is 12.3. The average Bonchev–Trinajstić information content (AvgIpc) is 3.21. The van der Waals surface area contributed by atoms with Crippen LogP contribution >= 0.6 is 0 Å². The van der Waals surface area contributed by atoms with E-state index in [4.69, 9.17) is 9.47 Å². The Balaban J connectivity index is 0.0000336. The van der Waals surface area contributed by atoms with E-state index in [1.165, 1.54) is 173 Å². The Bertz CT molecular complexity index is 1310. The van der Waals surface area contributed by atoms with Gasteiger partial charge in [0.05, 0.1) is 29.2 Å². The SMILES string of the molecule is CCCCCCCCC/C=C/CCCCCCCCCCOC(=O)c1cccc(S(=O)(=O)[O-])c1C(=O)OCCCCCCCCCC/C=C/CCCCCCCCC.[Na+]. The minimum absolute atomic E-state index is 0. The Labute approximate surface area is 385 Å². The third-order valence-electron chi connectivity index (χ3n) is 11.0. The molecule has 0 unspecified atom stereocenters. The van der Waals surface area contributed by atoms with Crippen molar-refractivity contribution in [3.63, 3.8) is 0 Å². The monoisotopic (exact) mass is 853 g/mol. The van der Waals surface area contributed by atoms with Gasteiger partial charge in [0.1, 0.15) is 10.1 Å². The van der Waals surface area contributed by atoms with Crippen molar-refractivity contribution in [1.29, 1.82) is 0 Å². The first-order valence-electron chi connectivity index (χ1n) is 24.1. The Morgan fingerprint density at radius 1 is 0.475 bits per heavy atom. The molecule has 0 aliphatic heterocycles. The molecule has 0 bridgehead atoms. The molecule has 0 N–H and O–H groups in total. The molecule has 0 heterocycles. The summed E-state index contributed by atoms with van der Waals surface area (Å²) in [4.78, 5) is 25.3. The van der Waals surface area contributed by atoms with Gasteiger partial charge in [-0.25, -0.2) is 18.0 Å². The normalized spacial score (nSPS) is 11.7. The first-order chi connectivity index (χ1) is 28.3. The molecular weight excluding hydrogens is 768 g/mol. The van der Waals surface area contributed by atoms with Gasteiger partial charge < -0.3 is 14.0 Å². The second-order valence-corrected chi connectivity index (χ2v) is 17.7. The van der Waals surface area contributed by atoms with E-state index in [0.717, 1.165) is 51.0 Å². The number of allylic oxidation sites excluding steroid dienone is 4. The molecule has 1 rings (SSSR count). The summed E-state index contributed by atoms with van der Waals surface area (Å²) in [5, 5.41) is 0. The summed E-state index contributed by atoms with van der Waals surface area (Å²) < 4.78 is 46.8. The summed E-state index contributed by atoms with van der Waals surface area (Å²) >= 11 is 0. The van der Waals surface area contributed by atoms with Gasteiger partial charge in [-0.05, 0) is 76.3 Å². The van der Waals surface area contributed by atoms with Gasteiger partial charge in [0.25, 0.3) is 0 Å². The average molecular weight is 853 g/mol. The minimum atomic E-state index is -5.02. The maximum Gasteiger partial charge on any atom is 1.00 e. The summed E-state index contributed by atoms with van der Waals surface area (Å²) in [7, 11) is -5.02. The summed E-state index contributed by atoms with van der Waals surface area (Å²) in [6, 6.07) is 3.63. The van der Waals surface area contributed by atoms with Crippen molar-refractivity contribution < 1.29 is 61.6 Å². The Kier molecular flexibility index (Phi) is 40.9. The number of hydrogen-bond acceptors (Lipinski definition) is 7. The first kappa shape index (κ1) is 57.5. The quantitative estimate of drug-likeness (QED) is 0.0212. The fraction of sp³-hybridized carbons (Fsp3) is 0.760. The fourth-order valence-corrected chi connectivity index (χ4v) is 8.05. The molecule has 334 valence electrons. The molecule has 0 aliphatic carbocycles. The minimum Gasteiger partial charge on any atom is -0.744 e. The van der Waals surface area contributed by atoms with Crippen LogP contribution in [0.4, 0.5) is 0 Å². The molecule has 59 heavy (non-hydrogen) atoms. The van der Waals surface area contributed by atoms with Gasteiger partial charge in [-0.3, -0.25) is 0 Å². The van der Waals surface area contributed by atoms with E-state index in [9.17, 15) is 22.6 Å². The number of unbranched alkanes of at least 4 members (excludes halogenated alkanes) is 30. The van der Waals surface area contributed by atoms with Crippen LogP contribution in [0.2, 0.25) is 0 Å². The molecule has 0 aromatic heterocycles. The number of rotatable bonds is 41. The molecule has 0 aliphatic rings. The Hall–Kier alpha value is -1.45. The smallest absolute Gasteiger partial charge is 0.744 e. The topological polar surface area (TPSA) is 110 Å². The van der Waals surface area contributed by atoms with Crippen LogP contribution in [0.3, 0.4) is 0 Å². The molecule has 1 aromatic carbocycles. The van der Waals surface area contributed by atoms with Gasteiger partial charge in [0, 0.05) is 0 Å².